The Hall–Kier alpha value is -2.01. The van der Waals surface area contributed by atoms with E-state index < -0.39 is 0 Å². The van der Waals surface area contributed by atoms with Gasteiger partial charge in [0.25, 0.3) is 10.9 Å². The van der Waals surface area contributed by atoms with E-state index in [2.05, 4.69) is 21.2 Å². The predicted octanol–water partition coefficient (Wildman–Crippen LogP) is 3.01. The van der Waals surface area contributed by atoms with E-state index in [-0.39, 0.29) is 10.9 Å². The molecule has 0 spiro atoms. The van der Waals surface area contributed by atoms with Gasteiger partial charge in [-0.05, 0) is 31.0 Å². The highest BCUT2D eigenvalue weighted by Gasteiger charge is 2.30. The topological polar surface area (TPSA) is 52.7 Å². The van der Waals surface area contributed by atoms with Gasteiger partial charge in [0, 0.05) is 42.9 Å². The van der Waals surface area contributed by atoms with Crippen LogP contribution in [0.2, 0.25) is 5.02 Å². The number of nitrogens with one attached hydrogen (secondary N) is 1. The van der Waals surface area contributed by atoms with Gasteiger partial charge in [-0.15, -0.1) is 0 Å². The van der Waals surface area contributed by atoms with Crippen molar-refractivity contribution in [3.8, 4) is 0 Å². The van der Waals surface area contributed by atoms with Gasteiger partial charge in [0.1, 0.15) is 11.4 Å². The number of piperazine rings is 1. The van der Waals surface area contributed by atoms with E-state index >= 15 is 0 Å². The summed E-state index contributed by atoms with van der Waals surface area (Å²) in [4.78, 5) is 28.6. The summed E-state index contributed by atoms with van der Waals surface area (Å²) >= 11 is 6.09. The molecule has 4 rings (SSSR count). The lowest BCUT2D eigenvalue weighted by atomic mass is 9.95. The summed E-state index contributed by atoms with van der Waals surface area (Å²) in [5, 5.41) is 4.10. The smallest absolute Gasteiger partial charge is 0.253 e. The molecule has 0 unspecified atom stereocenters. The Kier molecular flexibility index (Phi) is 4.90. The largest absolute Gasteiger partial charge is 0.377 e. The van der Waals surface area contributed by atoms with Crippen molar-refractivity contribution >= 4 is 28.7 Å². The molecule has 5 nitrogen and oxygen atoms in total. The van der Waals surface area contributed by atoms with Crippen molar-refractivity contribution in [2.75, 3.05) is 41.3 Å². The van der Waals surface area contributed by atoms with Gasteiger partial charge in [0.05, 0.1) is 0 Å². The number of hydrogen-bond acceptors (Lipinski definition) is 5. The zero-order chi connectivity index (χ0) is 18.1. The van der Waals surface area contributed by atoms with Crippen LogP contribution >= 0.6 is 11.6 Å². The minimum Gasteiger partial charge on any atom is -0.377 e. The van der Waals surface area contributed by atoms with Crippen molar-refractivity contribution in [3.05, 3.63) is 49.7 Å². The quantitative estimate of drug-likeness (QED) is 0.835. The normalized spacial score (nSPS) is 19.1. The summed E-state index contributed by atoms with van der Waals surface area (Å²) in [6, 6.07) is 8.17. The first-order valence-corrected chi connectivity index (χ1v) is 9.86. The van der Waals surface area contributed by atoms with E-state index in [1.54, 1.807) is 0 Å². The second-order valence-corrected chi connectivity index (χ2v) is 7.75. The Morgan fingerprint density at radius 1 is 0.923 bits per heavy atom. The van der Waals surface area contributed by atoms with Crippen LogP contribution in [0.25, 0.3) is 0 Å². The third kappa shape index (κ3) is 3.32. The van der Waals surface area contributed by atoms with E-state index in [0.29, 0.717) is 17.4 Å². The first-order chi connectivity index (χ1) is 12.6. The number of rotatable bonds is 4. The summed E-state index contributed by atoms with van der Waals surface area (Å²) in [7, 11) is 0. The third-order valence-electron chi connectivity index (χ3n) is 5.61. The molecular weight excluding hydrogens is 350 g/mol. The van der Waals surface area contributed by atoms with Gasteiger partial charge >= 0.3 is 0 Å². The summed E-state index contributed by atoms with van der Waals surface area (Å²) < 4.78 is 0. The molecule has 0 atom stereocenters. The number of benzene rings is 1. The Balaban J connectivity index is 1.44. The number of halogens is 1. The van der Waals surface area contributed by atoms with Gasteiger partial charge < -0.3 is 15.1 Å². The molecule has 2 aromatic rings. The molecule has 1 heterocycles. The lowest BCUT2D eigenvalue weighted by Crippen LogP contribution is -2.52. The Morgan fingerprint density at radius 3 is 2.31 bits per heavy atom. The molecule has 2 aromatic carbocycles. The molecular formula is C20H24ClN3O2. The zero-order valence-corrected chi connectivity index (χ0v) is 15.6. The van der Waals surface area contributed by atoms with Crippen LogP contribution in [0.1, 0.15) is 32.1 Å². The highest BCUT2D eigenvalue weighted by Crippen LogP contribution is 2.28. The van der Waals surface area contributed by atoms with Gasteiger partial charge in [0.2, 0.25) is 0 Å². The highest BCUT2D eigenvalue weighted by atomic mass is 35.5. The van der Waals surface area contributed by atoms with Crippen LogP contribution in [0.4, 0.5) is 17.1 Å². The number of anilines is 3. The number of nitrogens with zero attached hydrogens (tertiary/aromatic N) is 2. The molecule has 0 bridgehead atoms. The Morgan fingerprint density at radius 2 is 1.62 bits per heavy atom. The van der Waals surface area contributed by atoms with Gasteiger partial charge in [-0.1, -0.05) is 36.9 Å². The second-order valence-electron chi connectivity index (χ2n) is 7.32. The van der Waals surface area contributed by atoms with Gasteiger partial charge in [0.15, 0.2) is 0 Å². The average molecular weight is 374 g/mol. The second kappa shape index (κ2) is 7.31. The van der Waals surface area contributed by atoms with Gasteiger partial charge in [-0.25, -0.2) is 0 Å². The van der Waals surface area contributed by atoms with Gasteiger partial charge in [-0.3, -0.25) is 9.59 Å². The van der Waals surface area contributed by atoms with Crippen LogP contribution < -0.4 is 26.0 Å². The molecule has 1 saturated heterocycles. The fourth-order valence-corrected chi connectivity index (χ4v) is 4.31. The molecule has 0 amide bonds. The highest BCUT2D eigenvalue weighted by molar-refractivity contribution is 6.30. The van der Waals surface area contributed by atoms with E-state index in [1.807, 2.05) is 18.2 Å². The summed E-state index contributed by atoms with van der Waals surface area (Å²) in [6.45, 7) is 3.08. The first-order valence-electron chi connectivity index (χ1n) is 9.49. The summed E-state index contributed by atoms with van der Waals surface area (Å²) in [6.07, 6.45) is 5.82. The minimum atomic E-state index is -0.345. The van der Waals surface area contributed by atoms with Crippen molar-refractivity contribution in [2.45, 2.75) is 38.1 Å². The molecule has 1 saturated carbocycles. The SMILES string of the molecule is O=c1c(NC2CCCCC2)c(N2CCN(c3cccc(Cl)c3)CC2)c1=O. The van der Waals surface area contributed by atoms with Crippen molar-refractivity contribution < 1.29 is 0 Å². The van der Waals surface area contributed by atoms with E-state index in [4.69, 9.17) is 11.6 Å². The molecule has 138 valence electrons. The molecule has 2 aliphatic rings. The predicted molar refractivity (Wildman–Crippen MR) is 108 cm³/mol. The maximum Gasteiger partial charge on any atom is 0.253 e. The van der Waals surface area contributed by atoms with Crippen LogP contribution in [0.5, 0.6) is 0 Å². The van der Waals surface area contributed by atoms with Crippen molar-refractivity contribution in [3.63, 3.8) is 0 Å². The average Bonchev–Trinajstić information content (AvgIpc) is 2.68. The van der Waals surface area contributed by atoms with E-state index in [1.165, 1.54) is 19.3 Å². The van der Waals surface area contributed by atoms with Crippen molar-refractivity contribution in [1.82, 2.24) is 0 Å². The number of hydrogen-bond donors (Lipinski definition) is 1. The Bertz CT molecular complexity index is 845. The fraction of sp³-hybridized carbons (Fsp3) is 0.500. The summed E-state index contributed by atoms with van der Waals surface area (Å²) in [5.74, 6) is 0. The molecule has 2 fully saturated rings. The lowest BCUT2D eigenvalue weighted by molar-refractivity contribution is 0.462. The van der Waals surface area contributed by atoms with E-state index in [9.17, 15) is 9.59 Å². The minimum absolute atomic E-state index is 0.332. The summed E-state index contributed by atoms with van der Waals surface area (Å²) in [5.41, 5.74) is 1.58. The molecule has 26 heavy (non-hydrogen) atoms. The molecule has 1 N–H and O–H groups in total. The van der Waals surface area contributed by atoms with Crippen molar-refractivity contribution in [1.29, 1.82) is 0 Å². The standard InChI is InChI=1S/C20H24ClN3O2/c21-14-5-4-8-16(13-14)23-9-11-24(12-10-23)18-17(19(25)20(18)26)22-15-6-2-1-3-7-15/h4-5,8,13,15,22H,1-3,6-7,9-12H2. The molecule has 6 heteroatoms. The first kappa shape index (κ1) is 17.4. The fourth-order valence-electron chi connectivity index (χ4n) is 4.13. The van der Waals surface area contributed by atoms with Crippen LogP contribution in [-0.4, -0.2) is 32.2 Å². The van der Waals surface area contributed by atoms with Crippen molar-refractivity contribution in [2.24, 2.45) is 0 Å². The Labute approximate surface area is 158 Å². The molecule has 1 aliphatic heterocycles. The third-order valence-corrected chi connectivity index (χ3v) is 5.84. The van der Waals surface area contributed by atoms with Gasteiger partial charge in [-0.2, -0.15) is 0 Å². The maximum absolute atomic E-state index is 12.2. The zero-order valence-electron chi connectivity index (χ0n) is 14.8. The molecule has 0 radical (unpaired) electrons. The molecule has 0 aromatic heterocycles. The maximum atomic E-state index is 12.2. The molecule has 1 aliphatic carbocycles. The van der Waals surface area contributed by atoms with Crippen LogP contribution in [-0.2, 0) is 0 Å². The van der Waals surface area contributed by atoms with E-state index in [0.717, 1.165) is 49.7 Å². The van der Waals surface area contributed by atoms with Crippen LogP contribution in [0, 0.1) is 0 Å². The lowest BCUT2D eigenvalue weighted by Gasteiger charge is -2.38. The van der Waals surface area contributed by atoms with Crippen LogP contribution in [0.3, 0.4) is 0 Å². The van der Waals surface area contributed by atoms with Crippen LogP contribution in [0.15, 0.2) is 33.9 Å². The monoisotopic (exact) mass is 373 g/mol.